The largest absolute Gasteiger partial charge is 0.379 e. The van der Waals surface area contributed by atoms with Crippen molar-refractivity contribution in [2.24, 2.45) is 16.6 Å². The summed E-state index contributed by atoms with van der Waals surface area (Å²) in [5.41, 5.74) is 5.92. The second-order valence-corrected chi connectivity index (χ2v) is 6.88. The Labute approximate surface area is 137 Å². The van der Waals surface area contributed by atoms with E-state index in [1.54, 1.807) is 11.3 Å². The molecule has 1 saturated heterocycles. The Bertz CT molecular complexity index is 429. The lowest BCUT2D eigenvalue weighted by Crippen LogP contribution is -2.39. The number of morpholine rings is 1. The molecule has 1 aromatic heterocycles. The molecule has 5 nitrogen and oxygen atoms in total. The van der Waals surface area contributed by atoms with Gasteiger partial charge in [-0.1, -0.05) is 13.0 Å². The summed E-state index contributed by atoms with van der Waals surface area (Å²) >= 11 is 1.81. The minimum Gasteiger partial charge on any atom is -0.379 e. The summed E-state index contributed by atoms with van der Waals surface area (Å²) in [6.07, 6.45) is 2.16. The van der Waals surface area contributed by atoms with E-state index in [9.17, 15) is 0 Å². The fourth-order valence-corrected chi connectivity index (χ4v) is 3.36. The lowest BCUT2D eigenvalue weighted by atomic mass is 10.1. The number of hydrogen-bond donors (Lipinski definition) is 2. The van der Waals surface area contributed by atoms with Crippen LogP contribution in [0.5, 0.6) is 0 Å². The van der Waals surface area contributed by atoms with Crippen LogP contribution in [0.3, 0.4) is 0 Å². The van der Waals surface area contributed by atoms with Crippen LogP contribution in [0.1, 0.15) is 18.2 Å². The van der Waals surface area contributed by atoms with Gasteiger partial charge < -0.3 is 15.8 Å². The number of nitrogens with two attached hydrogens (primary N) is 1. The molecule has 1 unspecified atom stereocenters. The molecule has 1 atom stereocenters. The zero-order chi connectivity index (χ0) is 15.6. The SMILES string of the molecule is CC(CN=C(N)NCCCN1CCOCC1)Cc1cccs1. The summed E-state index contributed by atoms with van der Waals surface area (Å²) in [5, 5.41) is 5.33. The minimum absolute atomic E-state index is 0.521. The van der Waals surface area contributed by atoms with Crippen LogP contribution in [-0.2, 0) is 11.2 Å². The van der Waals surface area contributed by atoms with Gasteiger partial charge in [-0.3, -0.25) is 9.89 Å². The monoisotopic (exact) mass is 324 g/mol. The zero-order valence-electron chi connectivity index (χ0n) is 13.5. The highest BCUT2D eigenvalue weighted by Gasteiger charge is 2.09. The van der Waals surface area contributed by atoms with Gasteiger partial charge in [-0.05, 0) is 36.8 Å². The zero-order valence-corrected chi connectivity index (χ0v) is 14.3. The Morgan fingerprint density at radius 2 is 2.32 bits per heavy atom. The molecule has 0 saturated carbocycles. The summed E-state index contributed by atoms with van der Waals surface area (Å²) in [4.78, 5) is 8.29. The van der Waals surface area contributed by atoms with Crippen LogP contribution >= 0.6 is 11.3 Å². The molecule has 0 amide bonds. The van der Waals surface area contributed by atoms with Crippen LogP contribution in [0.15, 0.2) is 22.5 Å². The van der Waals surface area contributed by atoms with Gasteiger partial charge in [-0.25, -0.2) is 0 Å². The molecule has 3 N–H and O–H groups in total. The topological polar surface area (TPSA) is 62.9 Å². The Hall–Kier alpha value is -1.11. The maximum atomic E-state index is 5.92. The predicted octanol–water partition coefficient (Wildman–Crippen LogP) is 1.55. The molecule has 22 heavy (non-hydrogen) atoms. The lowest BCUT2D eigenvalue weighted by Gasteiger charge is -2.26. The van der Waals surface area contributed by atoms with E-state index in [0.29, 0.717) is 11.9 Å². The van der Waals surface area contributed by atoms with Gasteiger partial charge in [0.2, 0.25) is 0 Å². The van der Waals surface area contributed by atoms with Gasteiger partial charge in [0.05, 0.1) is 13.2 Å². The first-order valence-electron chi connectivity index (χ1n) is 8.10. The predicted molar refractivity (Wildman–Crippen MR) is 93.6 cm³/mol. The van der Waals surface area contributed by atoms with E-state index in [4.69, 9.17) is 10.5 Å². The smallest absolute Gasteiger partial charge is 0.188 e. The Kier molecular flexibility index (Phi) is 7.70. The van der Waals surface area contributed by atoms with Crippen LogP contribution in [0, 0.1) is 5.92 Å². The molecule has 0 spiro atoms. The van der Waals surface area contributed by atoms with Crippen LogP contribution in [0.25, 0.3) is 0 Å². The Morgan fingerprint density at radius 3 is 3.05 bits per heavy atom. The molecule has 1 aliphatic heterocycles. The van der Waals surface area contributed by atoms with Gasteiger partial charge in [0.25, 0.3) is 0 Å². The first-order chi connectivity index (χ1) is 10.7. The molecule has 2 heterocycles. The second-order valence-electron chi connectivity index (χ2n) is 5.85. The van der Waals surface area contributed by atoms with Crippen molar-refractivity contribution in [1.82, 2.24) is 10.2 Å². The van der Waals surface area contributed by atoms with Gasteiger partial charge in [-0.2, -0.15) is 0 Å². The summed E-state index contributed by atoms with van der Waals surface area (Å²) in [5.74, 6) is 1.09. The fraction of sp³-hybridized carbons (Fsp3) is 0.688. The lowest BCUT2D eigenvalue weighted by molar-refractivity contribution is 0.0376. The van der Waals surface area contributed by atoms with Crippen LogP contribution < -0.4 is 11.1 Å². The Balaban J connectivity index is 1.54. The number of hydrogen-bond acceptors (Lipinski definition) is 4. The van der Waals surface area contributed by atoms with Crippen molar-refractivity contribution in [3.63, 3.8) is 0 Å². The quantitative estimate of drug-likeness (QED) is 0.433. The number of rotatable bonds is 8. The highest BCUT2D eigenvalue weighted by atomic mass is 32.1. The third-order valence-corrected chi connectivity index (χ3v) is 4.66. The van der Waals surface area contributed by atoms with E-state index in [2.05, 4.69) is 39.6 Å². The molecule has 1 aliphatic rings. The van der Waals surface area contributed by atoms with Gasteiger partial charge in [0.1, 0.15) is 0 Å². The minimum atomic E-state index is 0.521. The molecule has 2 rings (SSSR count). The molecule has 6 heteroatoms. The van der Waals surface area contributed by atoms with Crippen molar-refractivity contribution in [3.05, 3.63) is 22.4 Å². The highest BCUT2D eigenvalue weighted by Crippen LogP contribution is 2.14. The van der Waals surface area contributed by atoms with Crippen molar-refractivity contribution >= 4 is 17.3 Å². The average molecular weight is 324 g/mol. The summed E-state index contributed by atoms with van der Waals surface area (Å²) in [7, 11) is 0. The third-order valence-electron chi connectivity index (χ3n) is 3.76. The molecule has 1 fully saturated rings. The summed E-state index contributed by atoms with van der Waals surface area (Å²) < 4.78 is 5.34. The highest BCUT2D eigenvalue weighted by molar-refractivity contribution is 7.09. The average Bonchev–Trinajstić information content (AvgIpc) is 3.03. The molecule has 0 aliphatic carbocycles. The van der Waals surface area contributed by atoms with Crippen molar-refractivity contribution in [2.45, 2.75) is 19.8 Å². The second kappa shape index (κ2) is 9.82. The van der Waals surface area contributed by atoms with E-state index < -0.39 is 0 Å². The number of aliphatic imine (C=N–C) groups is 1. The van der Waals surface area contributed by atoms with E-state index in [0.717, 1.165) is 58.8 Å². The summed E-state index contributed by atoms with van der Waals surface area (Å²) in [6, 6.07) is 4.28. The first-order valence-corrected chi connectivity index (χ1v) is 8.98. The normalized spacial score (nSPS) is 18.3. The van der Waals surface area contributed by atoms with Gasteiger partial charge in [0.15, 0.2) is 5.96 Å². The van der Waals surface area contributed by atoms with Crippen LogP contribution in [0.4, 0.5) is 0 Å². The maximum Gasteiger partial charge on any atom is 0.188 e. The number of nitrogens with zero attached hydrogens (tertiary/aromatic N) is 2. The molecule has 0 radical (unpaired) electrons. The number of thiophene rings is 1. The number of guanidine groups is 1. The maximum absolute atomic E-state index is 5.92. The molecular weight excluding hydrogens is 296 g/mol. The van der Waals surface area contributed by atoms with Crippen molar-refractivity contribution in [1.29, 1.82) is 0 Å². The fourth-order valence-electron chi connectivity index (χ4n) is 2.49. The van der Waals surface area contributed by atoms with Crippen molar-refractivity contribution < 1.29 is 4.74 Å². The van der Waals surface area contributed by atoms with Crippen LogP contribution in [0.2, 0.25) is 0 Å². The Morgan fingerprint density at radius 1 is 1.50 bits per heavy atom. The van der Waals surface area contributed by atoms with Gasteiger partial charge in [0, 0.05) is 31.1 Å². The molecule has 0 bridgehead atoms. The molecule has 124 valence electrons. The molecule has 0 aromatic carbocycles. The van der Waals surface area contributed by atoms with E-state index in [1.807, 2.05) is 0 Å². The van der Waals surface area contributed by atoms with E-state index in [-0.39, 0.29) is 0 Å². The van der Waals surface area contributed by atoms with Crippen molar-refractivity contribution in [3.8, 4) is 0 Å². The van der Waals surface area contributed by atoms with Crippen LogP contribution in [-0.4, -0.2) is 56.8 Å². The van der Waals surface area contributed by atoms with E-state index in [1.165, 1.54) is 4.88 Å². The van der Waals surface area contributed by atoms with Gasteiger partial charge >= 0.3 is 0 Å². The third kappa shape index (κ3) is 6.77. The molecule has 1 aromatic rings. The van der Waals surface area contributed by atoms with Gasteiger partial charge in [-0.15, -0.1) is 11.3 Å². The number of ether oxygens (including phenoxy) is 1. The van der Waals surface area contributed by atoms with E-state index >= 15 is 0 Å². The van der Waals surface area contributed by atoms with Crippen molar-refractivity contribution in [2.75, 3.05) is 45.9 Å². The first kappa shape index (κ1) is 17.2. The standard InChI is InChI=1S/C16H28N4OS/c1-14(12-15-4-2-11-22-15)13-19-16(17)18-5-3-6-20-7-9-21-10-8-20/h2,4,11,14H,3,5-10,12-13H2,1H3,(H3,17,18,19). The number of nitrogens with one attached hydrogen (secondary N) is 1. The molecular formula is C16H28N4OS. The summed E-state index contributed by atoms with van der Waals surface area (Å²) in [6.45, 7) is 8.78.